The summed E-state index contributed by atoms with van der Waals surface area (Å²) in [5.74, 6) is 0. The first kappa shape index (κ1) is 10.4. The van der Waals surface area contributed by atoms with E-state index in [9.17, 15) is 5.11 Å². The number of rotatable bonds is 2. The van der Waals surface area contributed by atoms with Crippen LogP contribution < -0.4 is 5.73 Å². The third-order valence-corrected chi connectivity index (χ3v) is 3.23. The van der Waals surface area contributed by atoms with Crippen LogP contribution >= 0.6 is 22.9 Å². The number of aromatic nitrogens is 1. The van der Waals surface area contributed by atoms with Crippen molar-refractivity contribution in [3.8, 4) is 0 Å². The molecule has 1 aromatic heterocycles. The molecule has 1 heterocycles. The Morgan fingerprint density at radius 1 is 1.40 bits per heavy atom. The SMILES string of the molecule is Nc1ncc(C(O)c2ccccc2Cl)s1. The first-order valence-electron chi connectivity index (χ1n) is 4.32. The van der Waals surface area contributed by atoms with Crippen LogP contribution in [-0.2, 0) is 0 Å². The Morgan fingerprint density at radius 3 is 2.73 bits per heavy atom. The van der Waals surface area contributed by atoms with E-state index in [1.165, 1.54) is 11.3 Å². The molecule has 1 aromatic carbocycles. The van der Waals surface area contributed by atoms with E-state index in [0.717, 1.165) is 0 Å². The van der Waals surface area contributed by atoms with Crippen LogP contribution in [0.4, 0.5) is 5.13 Å². The highest BCUT2D eigenvalue weighted by Gasteiger charge is 2.15. The lowest BCUT2D eigenvalue weighted by Crippen LogP contribution is -1.97. The smallest absolute Gasteiger partial charge is 0.180 e. The van der Waals surface area contributed by atoms with Gasteiger partial charge in [0.15, 0.2) is 5.13 Å². The van der Waals surface area contributed by atoms with Gasteiger partial charge in [0.05, 0.1) is 4.88 Å². The molecule has 0 aliphatic rings. The molecule has 0 aliphatic carbocycles. The molecule has 3 N–H and O–H groups in total. The number of nitrogens with two attached hydrogens (primary N) is 1. The minimum Gasteiger partial charge on any atom is -0.383 e. The fraction of sp³-hybridized carbons (Fsp3) is 0.100. The summed E-state index contributed by atoms with van der Waals surface area (Å²) < 4.78 is 0. The number of nitrogen functional groups attached to an aromatic ring is 1. The van der Waals surface area contributed by atoms with Crippen LogP contribution in [0, 0.1) is 0 Å². The van der Waals surface area contributed by atoms with E-state index < -0.39 is 6.10 Å². The molecular weight excluding hydrogens is 232 g/mol. The number of thiazole rings is 1. The Morgan fingerprint density at radius 2 is 2.13 bits per heavy atom. The van der Waals surface area contributed by atoms with E-state index in [1.54, 1.807) is 18.3 Å². The summed E-state index contributed by atoms with van der Waals surface area (Å²) in [6.07, 6.45) is 0.807. The lowest BCUT2D eigenvalue weighted by atomic mass is 10.1. The van der Waals surface area contributed by atoms with Gasteiger partial charge in [0.25, 0.3) is 0 Å². The predicted molar refractivity (Wildman–Crippen MR) is 62.0 cm³/mol. The molecule has 1 atom stereocenters. The van der Waals surface area contributed by atoms with Crippen molar-refractivity contribution in [1.29, 1.82) is 0 Å². The summed E-state index contributed by atoms with van der Waals surface area (Å²) in [5, 5.41) is 11.0. The second-order valence-corrected chi connectivity index (χ2v) is 4.53. The van der Waals surface area contributed by atoms with E-state index in [4.69, 9.17) is 17.3 Å². The maximum Gasteiger partial charge on any atom is 0.180 e. The zero-order chi connectivity index (χ0) is 10.8. The zero-order valence-electron chi connectivity index (χ0n) is 7.72. The Balaban J connectivity index is 2.36. The van der Waals surface area contributed by atoms with Crippen molar-refractivity contribution in [2.45, 2.75) is 6.10 Å². The molecule has 15 heavy (non-hydrogen) atoms. The first-order valence-corrected chi connectivity index (χ1v) is 5.51. The molecule has 5 heteroatoms. The summed E-state index contributed by atoms with van der Waals surface area (Å²) in [4.78, 5) is 4.58. The fourth-order valence-corrected chi connectivity index (χ4v) is 2.21. The van der Waals surface area contributed by atoms with Crippen molar-refractivity contribution >= 4 is 28.1 Å². The molecule has 0 saturated carbocycles. The fourth-order valence-electron chi connectivity index (χ4n) is 1.28. The zero-order valence-corrected chi connectivity index (χ0v) is 9.29. The first-order chi connectivity index (χ1) is 7.18. The Kier molecular flexibility index (Phi) is 2.90. The van der Waals surface area contributed by atoms with Gasteiger partial charge in [-0.3, -0.25) is 0 Å². The van der Waals surface area contributed by atoms with Gasteiger partial charge in [-0.1, -0.05) is 41.1 Å². The van der Waals surface area contributed by atoms with Crippen LogP contribution in [0.15, 0.2) is 30.5 Å². The summed E-state index contributed by atoms with van der Waals surface area (Å²) in [5.41, 5.74) is 6.17. The van der Waals surface area contributed by atoms with Gasteiger partial charge in [0, 0.05) is 16.8 Å². The minimum atomic E-state index is -0.756. The van der Waals surface area contributed by atoms with Gasteiger partial charge in [-0.05, 0) is 6.07 Å². The molecular formula is C10H9ClN2OS. The van der Waals surface area contributed by atoms with Crippen LogP contribution in [0.5, 0.6) is 0 Å². The van der Waals surface area contributed by atoms with Gasteiger partial charge in [0.1, 0.15) is 6.10 Å². The van der Waals surface area contributed by atoms with E-state index in [0.29, 0.717) is 20.6 Å². The Hall–Kier alpha value is -1.10. The second kappa shape index (κ2) is 4.18. The number of halogens is 1. The lowest BCUT2D eigenvalue weighted by Gasteiger charge is -2.09. The van der Waals surface area contributed by atoms with Crippen LogP contribution in [0.1, 0.15) is 16.5 Å². The van der Waals surface area contributed by atoms with Crippen LogP contribution in [0.3, 0.4) is 0 Å². The normalized spacial score (nSPS) is 12.7. The molecule has 1 unspecified atom stereocenters. The van der Waals surface area contributed by atoms with Crippen LogP contribution in [0.25, 0.3) is 0 Å². The highest BCUT2D eigenvalue weighted by atomic mass is 35.5. The van der Waals surface area contributed by atoms with Gasteiger partial charge in [-0.2, -0.15) is 0 Å². The predicted octanol–water partition coefficient (Wildman–Crippen LogP) is 2.46. The quantitative estimate of drug-likeness (QED) is 0.848. The van der Waals surface area contributed by atoms with Gasteiger partial charge < -0.3 is 10.8 Å². The number of aliphatic hydroxyl groups excluding tert-OH is 1. The van der Waals surface area contributed by atoms with Gasteiger partial charge in [-0.15, -0.1) is 0 Å². The largest absolute Gasteiger partial charge is 0.383 e. The summed E-state index contributed by atoms with van der Waals surface area (Å²) >= 11 is 7.23. The van der Waals surface area contributed by atoms with Crippen molar-refractivity contribution in [3.63, 3.8) is 0 Å². The molecule has 0 fully saturated rings. The van der Waals surface area contributed by atoms with Crippen molar-refractivity contribution < 1.29 is 5.11 Å². The summed E-state index contributed by atoms with van der Waals surface area (Å²) in [6, 6.07) is 7.17. The number of hydrogen-bond acceptors (Lipinski definition) is 4. The molecule has 0 bridgehead atoms. The average Bonchev–Trinajstić information content (AvgIpc) is 2.65. The van der Waals surface area contributed by atoms with E-state index in [-0.39, 0.29) is 0 Å². The third kappa shape index (κ3) is 2.12. The van der Waals surface area contributed by atoms with Crippen molar-refractivity contribution in [3.05, 3.63) is 45.9 Å². The van der Waals surface area contributed by atoms with Crippen LogP contribution in [0.2, 0.25) is 5.02 Å². The molecule has 3 nitrogen and oxygen atoms in total. The van der Waals surface area contributed by atoms with Gasteiger partial charge in [0.2, 0.25) is 0 Å². The molecule has 2 rings (SSSR count). The number of anilines is 1. The summed E-state index contributed by atoms with van der Waals surface area (Å²) in [7, 11) is 0. The third-order valence-electron chi connectivity index (χ3n) is 2.01. The molecule has 2 aromatic rings. The number of nitrogens with zero attached hydrogens (tertiary/aromatic N) is 1. The molecule has 0 saturated heterocycles. The van der Waals surface area contributed by atoms with Gasteiger partial charge in [-0.25, -0.2) is 4.98 Å². The maximum atomic E-state index is 10.0. The van der Waals surface area contributed by atoms with E-state index in [1.807, 2.05) is 12.1 Å². The average molecular weight is 241 g/mol. The second-order valence-electron chi connectivity index (χ2n) is 3.02. The molecule has 0 aliphatic heterocycles. The van der Waals surface area contributed by atoms with Crippen LogP contribution in [-0.4, -0.2) is 10.1 Å². The van der Waals surface area contributed by atoms with Crippen molar-refractivity contribution in [1.82, 2.24) is 4.98 Å². The highest BCUT2D eigenvalue weighted by molar-refractivity contribution is 7.15. The Bertz CT molecular complexity index is 472. The topological polar surface area (TPSA) is 59.1 Å². The molecule has 78 valence electrons. The molecule has 0 radical (unpaired) electrons. The monoisotopic (exact) mass is 240 g/mol. The van der Waals surface area contributed by atoms with E-state index >= 15 is 0 Å². The highest BCUT2D eigenvalue weighted by Crippen LogP contribution is 2.31. The maximum absolute atomic E-state index is 10.0. The van der Waals surface area contributed by atoms with Gasteiger partial charge >= 0.3 is 0 Å². The Labute approximate surface area is 96.2 Å². The number of aliphatic hydroxyl groups is 1. The lowest BCUT2D eigenvalue weighted by molar-refractivity contribution is 0.224. The standard InChI is InChI=1S/C10H9ClN2OS/c11-7-4-2-1-3-6(7)9(14)8-5-13-10(12)15-8/h1-5,9,14H,(H2,12,13). The molecule has 0 spiro atoms. The molecule has 0 amide bonds. The minimum absolute atomic E-state index is 0.441. The summed E-state index contributed by atoms with van der Waals surface area (Å²) in [6.45, 7) is 0. The number of hydrogen-bond donors (Lipinski definition) is 2. The number of benzene rings is 1. The van der Waals surface area contributed by atoms with Crippen molar-refractivity contribution in [2.24, 2.45) is 0 Å². The van der Waals surface area contributed by atoms with Crippen molar-refractivity contribution in [2.75, 3.05) is 5.73 Å². The van der Waals surface area contributed by atoms with E-state index in [2.05, 4.69) is 4.98 Å².